The van der Waals surface area contributed by atoms with Crippen LogP contribution >= 0.6 is 0 Å². The van der Waals surface area contributed by atoms with Crippen molar-refractivity contribution < 1.29 is 19.0 Å². The SMILES string of the molecule is N#Cc1c(O)c(F)c(F)c(O)c1C#N. The van der Waals surface area contributed by atoms with Gasteiger partial charge >= 0.3 is 0 Å². The van der Waals surface area contributed by atoms with Crippen molar-refractivity contribution in [2.24, 2.45) is 0 Å². The Morgan fingerprint density at radius 3 is 1.36 bits per heavy atom. The third kappa shape index (κ3) is 1.10. The molecule has 0 spiro atoms. The molecule has 6 heteroatoms. The summed E-state index contributed by atoms with van der Waals surface area (Å²) in [6, 6.07) is 2.57. The zero-order valence-electron chi connectivity index (χ0n) is 6.54. The molecule has 0 saturated carbocycles. The average molecular weight is 196 g/mol. The number of nitrogens with zero attached hydrogens (tertiary/aromatic N) is 2. The molecule has 0 heterocycles. The third-order valence-electron chi connectivity index (χ3n) is 1.56. The average Bonchev–Trinajstić information content (AvgIpc) is 2.20. The summed E-state index contributed by atoms with van der Waals surface area (Å²) in [6.45, 7) is 0. The van der Waals surface area contributed by atoms with Gasteiger partial charge in [-0.1, -0.05) is 0 Å². The summed E-state index contributed by atoms with van der Waals surface area (Å²) < 4.78 is 25.4. The predicted molar refractivity (Wildman–Crippen MR) is 39.1 cm³/mol. The molecule has 1 rings (SSSR count). The molecular weight excluding hydrogens is 194 g/mol. The molecule has 1 aromatic rings. The molecule has 0 unspecified atom stereocenters. The number of rotatable bonds is 0. The van der Waals surface area contributed by atoms with Crippen molar-refractivity contribution in [2.75, 3.05) is 0 Å². The van der Waals surface area contributed by atoms with Crippen LogP contribution in [0.2, 0.25) is 0 Å². The van der Waals surface area contributed by atoms with Gasteiger partial charge in [0.15, 0.2) is 11.5 Å². The van der Waals surface area contributed by atoms with Gasteiger partial charge in [-0.3, -0.25) is 0 Å². The highest BCUT2D eigenvalue weighted by molar-refractivity contribution is 5.60. The summed E-state index contributed by atoms with van der Waals surface area (Å²) in [6.07, 6.45) is 0. The molecule has 0 aromatic heterocycles. The highest BCUT2D eigenvalue weighted by atomic mass is 19.2. The summed E-state index contributed by atoms with van der Waals surface area (Å²) in [5.74, 6) is -6.06. The van der Waals surface area contributed by atoms with Crippen molar-refractivity contribution in [2.45, 2.75) is 0 Å². The molecular formula is C8H2F2N2O2. The van der Waals surface area contributed by atoms with Gasteiger partial charge in [0.05, 0.1) is 0 Å². The highest BCUT2D eigenvalue weighted by Crippen LogP contribution is 2.34. The third-order valence-corrected chi connectivity index (χ3v) is 1.56. The zero-order valence-corrected chi connectivity index (χ0v) is 6.54. The number of hydrogen-bond acceptors (Lipinski definition) is 4. The van der Waals surface area contributed by atoms with E-state index >= 15 is 0 Å². The minimum absolute atomic E-state index is 0.788. The molecule has 0 aliphatic carbocycles. The standard InChI is InChI=1S/C8H2F2N2O2/c9-5-6(10)8(14)4(2-12)3(1-11)7(5)13/h13-14H. The van der Waals surface area contributed by atoms with Crippen molar-refractivity contribution >= 4 is 0 Å². The van der Waals surface area contributed by atoms with E-state index in [1.165, 1.54) is 12.1 Å². The Morgan fingerprint density at radius 1 is 0.857 bits per heavy atom. The molecule has 4 nitrogen and oxygen atoms in total. The van der Waals surface area contributed by atoms with Crippen LogP contribution in [0.5, 0.6) is 11.5 Å². The largest absolute Gasteiger partial charge is 0.504 e. The van der Waals surface area contributed by atoms with Gasteiger partial charge in [-0.2, -0.15) is 19.3 Å². The minimum atomic E-state index is -1.75. The Bertz CT molecular complexity index is 441. The molecule has 0 atom stereocenters. The Labute approximate surface area is 76.9 Å². The van der Waals surface area contributed by atoms with Gasteiger partial charge in [-0.15, -0.1) is 0 Å². The molecule has 70 valence electrons. The Hall–Kier alpha value is -2.34. The summed E-state index contributed by atoms with van der Waals surface area (Å²) >= 11 is 0. The van der Waals surface area contributed by atoms with E-state index in [0.29, 0.717) is 0 Å². The summed E-state index contributed by atoms with van der Waals surface area (Å²) in [7, 11) is 0. The van der Waals surface area contributed by atoms with Gasteiger partial charge in [0.2, 0.25) is 11.6 Å². The first-order valence-corrected chi connectivity index (χ1v) is 3.27. The molecule has 0 radical (unpaired) electrons. The van der Waals surface area contributed by atoms with E-state index in [4.69, 9.17) is 20.7 Å². The van der Waals surface area contributed by atoms with E-state index in [-0.39, 0.29) is 0 Å². The second kappa shape index (κ2) is 3.19. The fraction of sp³-hybridized carbons (Fsp3) is 0. The van der Waals surface area contributed by atoms with Crippen LogP contribution in [0.1, 0.15) is 11.1 Å². The van der Waals surface area contributed by atoms with Crippen LogP contribution in [-0.4, -0.2) is 10.2 Å². The lowest BCUT2D eigenvalue weighted by atomic mass is 10.1. The van der Waals surface area contributed by atoms with E-state index in [9.17, 15) is 8.78 Å². The molecule has 1 aromatic carbocycles. The number of phenols is 2. The summed E-state index contributed by atoms with van der Waals surface area (Å²) in [4.78, 5) is 0. The van der Waals surface area contributed by atoms with Crippen LogP contribution in [0.3, 0.4) is 0 Å². The van der Waals surface area contributed by atoms with E-state index in [1.807, 2.05) is 0 Å². The van der Waals surface area contributed by atoms with E-state index in [2.05, 4.69) is 0 Å². The maximum absolute atomic E-state index is 12.7. The Morgan fingerprint density at radius 2 is 1.14 bits per heavy atom. The quantitative estimate of drug-likeness (QED) is 0.608. The second-order valence-electron chi connectivity index (χ2n) is 2.30. The van der Waals surface area contributed by atoms with Crippen molar-refractivity contribution in [1.82, 2.24) is 0 Å². The molecule has 0 amide bonds. The summed E-state index contributed by atoms with van der Waals surface area (Å²) in [5, 5.41) is 34.6. The van der Waals surface area contributed by atoms with E-state index in [1.54, 1.807) is 0 Å². The lowest BCUT2D eigenvalue weighted by Crippen LogP contribution is -1.95. The maximum atomic E-state index is 12.7. The van der Waals surface area contributed by atoms with Crippen molar-refractivity contribution in [3.8, 4) is 23.6 Å². The lowest BCUT2D eigenvalue weighted by molar-refractivity contribution is 0.372. The van der Waals surface area contributed by atoms with Crippen molar-refractivity contribution in [3.63, 3.8) is 0 Å². The Kier molecular flexibility index (Phi) is 2.22. The fourth-order valence-electron chi connectivity index (χ4n) is 0.882. The topological polar surface area (TPSA) is 88.0 Å². The van der Waals surface area contributed by atoms with Crippen LogP contribution in [0.15, 0.2) is 0 Å². The normalized spacial score (nSPS) is 9.14. The number of benzene rings is 1. The number of nitriles is 2. The van der Waals surface area contributed by atoms with Gasteiger partial charge in [0, 0.05) is 0 Å². The Balaban J connectivity index is 3.79. The van der Waals surface area contributed by atoms with Crippen LogP contribution in [0, 0.1) is 34.3 Å². The molecule has 2 N–H and O–H groups in total. The number of phenolic OH excluding ortho intramolecular Hbond substituents is 2. The molecule has 0 fully saturated rings. The van der Waals surface area contributed by atoms with Crippen molar-refractivity contribution in [1.29, 1.82) is 10.5 Å². The van der Waals surface area contributed by atoms with Gasteiger partial charge in [-0.05, 0) is 0 Å². The van der Waals surface area contributed by atoms with Crippen LogP contribution in [0.25, 0.3) is 0 Å². The van der Waals surface area contributed by atoms with Gasteiger partial charge < -0.3 is 10.2 Å². The van der Waals surface area contributed by atoms with Gasteiger partial charge in [0.25, 0.3) is 0 Å². The maximum Gasteiger partial charge on any atom is 0.205 e. The minimum Gasteiger partial charge on any atom is -0.504 e. The van der Waals surface area contributed by atoms with E-state index in [0.717, 1.165) is 0 Å². The van der Waals surface area contributed by atoms with Crippen molar-refractivity contribution in [3.05, 3.63) is 22.8 Å². The number of hydrogen-bond donors (Lipinski definition) is 2. The van der Waals surface area contributed by atoms with Crippen LogP contribution < -0.4 is 0 Å². The molecule has 0 bridgehead atoms. The lowest BCUT2D eigenvalue weighted by Gasteiger charge is -2.04. The predicted octanol–water partition coefficient (Wildman–Crippen LogP) is 1.12. The first-order chi connectivity index (χ1) is 6.54. The summed E-state index contributed by atoms with van der Waals surface area (Å²) in [5.41, 5.74) is -1.58. The smallest absolute Gasteiger partial charge is 0.205 e. The fourth-order valence-corrected chi connectivity index (χ4v) is 0.882. The molecule has 0 aliphatic rings. The van der Waals surface area contributed by atoms with Gasteiger partial charge in [0.1, 0.15) is 23.3 Å². The monoisotopic (exact) mass is 196 g/mol. The molecule has 0 saturated heterocycles. The second-order valence-corrected chi connectivity index (χ2v) is 2.30. The highest BCUT2D eigenvalue weighted by Gasteiger charge is 2.23. The number of aromatic hydroxyl groups is 2. The zero-order chi connectivity index (χ0) is 10.9. The van der Waals surface area contributed by atoms with Gasteiger partial charge in [-0.25, -0.2) is 0 Å². The molecule has 14 heavy (non-hydrogen) atoms. The van der Waals surface area contributed by atoms with Crippen LogP contribution in [-0.2, 0) is 0 Å². The number of halogens is 2. The molecule has 0 aliphatic heterocycles. The first-order valence-electron chi connectivity index (χ1n) is 3.27. The van der Waals surface area contributed by atoms with Crippen LogP contribution in [0.4, 0.5) is 8.78 Å². The first kappa shape index (κ1) is 9.75. The van der Waals surface area contributed by atoms with E-state index < -0.39 is 34.3 Å².